The van der Waals surface area contributed by atoms with E-state index in [4.69, 9.17) is 10.2 Å². The fourth-order valence-electron chi connectivity index (χ4n) is 1.13. The molecule has 0 spiro atoms. The maximum Gasteiger partial charge on any atom is 0.0950 e. The minimum Gasteiger partial charge on any atom is -0.472 e. The van der Waals surface area contributed by atoms with Crippen molar-refractivity contribution < 1.29 is 4.42 Å². The quantitative estimate of drug-likeness (QED) is 0.723. The molecule has 0 saturated carbocycles. The average molecular weight is 153 g/mol. The van der Waals surface area contributed by atoms with Gasteiger partial charge in [0.2, 0.25) is 0 Å². The fraction of sp³-hybridized carbons (Fsp3) is 0.556. The maximum atomic E-state index is 5.88. The molecule has 1 aromatic heterocycles. The van der Waals surface area contributed by atoms with Crippen LogP contribution in [0.5, 0.6) is 0 Å². The molecule has 0 aliphatic rings. The predicted molar refractivity (Wildman–Crippen MR) is 45.1 cm³/mol. The second-order valence-corrected chi connectivity index (χ2v) is 3.29. The molecule has 0 aliphatic heterocycles. The first-order valence-corrected chi connectivity index (χ1v) is 3.98. The summed E-state index contributed by atoms with van der Waals surface area (Å²) >= 11 is 0. The number of nitrogens with two attached hydrogens (primary N) is 1. The van der Waals surface area contributed by atoms with Crippen LogP contribution in [0.4, 0.5) is 0 Å². The van der Waals surface area contributed by atoms with Crippen LogP contribution < -0.4 is 5.73 Å². The van der Waals surface area contributed by atoms with Gasteiger partial charge in [-0.15, -0.1) is 0 Å². The Bertz CT molecular complexity index is 191. The molecule has 0 radical (unpaired) electrons. The molecule has 1 heterocycles. The molecule has 0 bridgehead atoms. The van der Waals surface area contributed by atoms with Gasteiger partial charge < -0.3 is 10.2 Å². The van der Waals surface area contributed by atoms with E-state index in [-0.39, 0.29) is 6.04 Å². The third kappa shape index (κ3) is 2.39. The summed E-state index contributed by atoms with van der Waals surface area (Å²) in [5.41, 5.74) is 6.98. The van der Waals surface area contributed by atoms with E-state index in [0.29, 0.717) is 5.92 Å². The predicted octanol–water partition coefficient (Wildman–Crippen LogP) is 2.33. The van der Waals surface area contributed by atoms with Gasteiger partial charge in [0.1, 0.15) is 0 Å². The van der Waals surface area contributed by atoms with E-state index in [2.05, 4.69) is 13.8 Å². The lowest BCUT2D eigenvalue weighted by Gasteiger charge is -2.11. The Morgan fingerprint density at radius 3 is 2.73 bits per heavy atom. The highest BCUT2D eigenvalue weighted by Gasteiger charge is 2.08. The SMILES string of the molecule is CC(C)C[C@@H](N)c1ccoc1. The summed E-state index contributed by atoms with van der Waals surface area (Å²) in [6.07, 6.45) is 4.39. The number of furan rings is 1. The van der Waals surface area contributed by atoms with Gasteiger partial charge in [-0.25, -0.2) is 0 Å². The Morgan fingerprint density at radius 2 is 2.27 bits per heavy atom. The van der Waals surface area contributed by atoms with E-state index in [1.165, 1.54) is 0 Å². The second-order valence-electron chi connectivity index (χ2n) is 3.29. The van der Waals surface area contributed by atoms with Crippen molar-refractivity contribution in [3.63, 3.8) is 0 Å². The lowest BCUT2D eigenvalue weighted by molar-refractivity contribution is 0.500. The van der Waals surface area contributed by atoms with Crippen LogP contribution in [0.15, 0.2) is 23.0 Å². The van der Waals surface area contributed by atoms with Crippen LogP contribution in [0.3, 0.4) is 0 Å². The Morgan fingerprint density at radius 1 is 1.55 bits per heavy atom. The standard InChI is InChI=1S/C9H15NO/c1-7(2)5-9(10)8-3-4-11-6-8/h3-4,6-7,9H,5,10H2,1-2H3/t9-/m1/s1. The van der Waals surface area contributed by atoms with Crippen molar-refractivity contribution >= 4 is 0 Å². The molecule has 62 valence electrons. The zero-order valence-electron chi connectivity index (χ0n) is 7.08. The molecular formula is C9H15NO. The highest BCUT2D eigenvalue weighted by Crippen LogP contribution is 2.18. The smallest absolute Gasteiger partial charge is 0.0950 e. The maximum absolute atomic E-state index is 5.88. The third-order valence-corrected chi connectivity index (χ3v) is 1.70. The van der Waals surface area contributed by atoms with E-state index in [1.807, 2.05) is 6.07 Å². The van der Waals surface area contributed by atoms with Gasteiger partial charge in [0.15, 0.2) is 0 Å². The minimum atomic E-state index is 0.133. The van der Waals surface area contributed by atoms with Gasteiger partial charge in [-0.2, -0.15) is 0 Å². The molecule has 0 amide bonds. The molecule has 2 nitrogen and oxygen atoms in total. The van der Waals surface area contributed by atoms with Crippen molar-refractivity contribution in [2.24, 2.45) is 11.7 Å². The molecule has 0 fully saturated rings. The molecule has 2 heteroatoms. The molecule has 0 aliphatic carbocycles. The van der Waals surface area contributed by atoms with Gasteiger partial charge in [-0.3, -0.25) is 0 Å². The molecule has 0 saturated heterocycles. The highest BCUT2D eigenvalue weighted by molar-refractivity contribution is 5.10. The summed E-state index contributed by atoms with van der Waals surface area (Å²) < 4.78 is 4.94. The summed E-state index contributed by atoms with van der Waals surface area (Å²) in [5.74, 6) is 0.639. The first kappa shape index (κ1) is 8.34. The zero-order chi connectivity index (χ0) is 8.27. The van der Waals surface area contributed by atoms with Crippen LogP contribution in [0, 0.1) is 5.92 Å². The molecule has 11 heavy (non-hydrogen) atoms. The summed E-state index contributed by atoms with van der Waals surface area (Å²) in [6.45, 7) is 4.33. The highest BCUT2D eigenvalue weighted by atomic mass is 16.3. The van der Waals surface area contributed by atoms with Gasteiger partial charge in [-0.05, 0) is 18.4 Å². The van der Waals surface area contributed by atoms with Gasteiger partial charge >= 0.3 is 0 Å². The molecule has 0 unspecified atom stereocenters. The van der Waals surface area contributed by atoms with Crippen molar-refractivity contribution in [3.05, 3.63) is 24.2 Å². The van der Waals surface area contributed by atoms with E-state index in [0.717, 1.165) is 12.0 Å². The summed E-state index contributed by atoms with van der Waals surface area (Å²) in [5, 5.41) is 0. The number of rotatable bonds is 3. The van der Waals surface area contributed by atoms with Gasteiger partial charge in [-0.1, -0.05) is 13.8 Å². The van der Waals surface area contributed by atoms with Crippen LogP contribution in [0.2, 0.25) is 0 Å². The second kappa shape index (κ2) is 3.58. The van der Waals surface area contributed by atoms with E-state index >= 15 is 0 Å². The van der Waals surface area contributed by atoms with Crippen molar-refractivity contribution in [2.45, 2.75) is 26.3 Å². The average Bonchev–Trinajstić information content (AvgIpc) is 2.35. The van der Waals surface area contributed by atoms with E-state index in [1.54, 1.807) is 12.5 Å². The van der Waals surface area contributed by atoms with Gasteiger partial charge in [0, 0.05) is 11.6 Å². The van der Waals surface area contributed by atoms with Crippen molar-refractivity contribution in [2.75, 3.05) is 0 Å². The monoisotopic (exact) mass is 153 g/mol. The molecule has 1 rings (SSSR count). The molecule has 1 atom stereocenters. The van der Waals surface area contributed by atoms with Crippen LogP contribution in [0.1, 0.15) is 31.9 Å². The van der Waals surface area contributed by atoms with Crippen molar-refractivity contribution in [3.8, 4) is 0 Å². The molecule has 0 aromatic carbocycles. The number of hydrogen-bond donors (Lipinski definition) is 1. The van der Waals surface area contributed by atoms with Crippen molar-refractivity contribution in [1.29, 1.82) is 0 Å². The summed E-state index contributed by atoms with van der Waals surface area (Å²) in [4.78, 5) is 0. The normalized spacial score (nSPS) is 13.8. The van der Waals surface area contributed by atoms with Gasteiger partial charge in [0.05, 0.1) is 12.5 Å². The van der Waals surface area contributed by atoms with Gasteiger partial charge in [0.25, 0.3) is 0 Å². The molecule has 1 aromatic rings. The largest absolute Gasteiger partial charge is 0.472 e. The van der Waals surface area contributed by atoms with Crippen LogP contribution in [0.25, 0.3) is 0 Å². The summed E-state index contributed by atoms with van der Waals surface area (Å²) in [7, 11) is 0. The molecule has 2 N–H and O–H groups in total. The van der Waals surface area contributed by atoms with Crippen LogP contribution in [-0.2, 0) is 0 Å². The van der Waals surface area contributed by atoms with E-state index in [9.17, 15) is 0 Å². The minimum absolute atomic E-state index is 0.133. The van der Waals surface area contributed by atoms with Crippen LogP contribution >= 0.6 is 0 Å². The first-order chi connectivity index (χ1) is 5.20. The fourth-order valence-corrected chi connectivity index (χ4v) is 1.13. The topological polar surface area (TPSA) is 39.2 Å². The Balaban J connectivity index is 2.49. The lowest BCUT2D eigenvalue weighted by atomic mass is 10.0. The first-order valence-electron chi connectivity index (χ1n) is 3.98. The zero-order valence-corrected chi connectivity index (χ0v) is 7.08. The Hall–Kier alpha value is -0.760. The Kier molecular flexibility index (Phi) is 2.71. The van der Waals surface area contributed by atoms with Crippen LogP contribution in [-0.4, -0.2) is 0 Å². The summed E-state index contributed by atoms with van der Waals surface area (Å²) in [6, 6.07) is 2.06. The Labute approximate surface area is 67.4 Å². The van der Waals surface area contributed by atoms with Crippen molar-refractivity contribution in [1.82, 2.24) is 0 Å². The lowest BCUT2D eigenvalue weighted by Crippen LogP contribution is -2.11. The third-order valence-electron chi connectivity index (χ3n) is 1.70. The molecular weight excluding hydrogens is 138 g/mol. The number of hydrogen-bond acceptors (Lipinski definition) is 2. The van der Waals surface area contributed by atoms with E-state index < -0.39 is 0 Å².